The third kappa shape index (κ3) is 2.34. The molecule has 0 radical (unpaired) electrons. The van der Waals surface area contributed by atoms with Crippen molar-refractivity contribution in [2.75, 3.05) is 0 Å². The minimum Gasteiger partial charge on any atom is -0.295 e. The number of aromatic nitrogens is 2. The fraction of sp³-hybridized carbons (Fsp3) is 0.0714. The van der Waals surface area contributed by atoms with Crippen LogP contribution in [0, 0.1) is 9.39 Å². The monoisotopic (exact) mass is 386 g/mol. The first-order valence-corrected chi connectivity index (χ1v) is 7.29. The van der Waals surface area contributed by atoms with Gasteiger partial charge in [0.05, 0.1) is 16.9 Å². The lowest BCUT2D eigenvalue weighted by Crippen LogP contribution is -1.99. The van der Waals surface area contributed by atoms with E-state index in [-0.39, 0.29) is 11.7 Å². The summed E-state index contributed by atoms with van der Waals surface area (Å²) in [6.07, 6.45) is 0. The first-order valence-electron chi connectivity index (χ1n) is 5.68. The predicted octanol–water partition coefficient (Wildman–Crippen LogP) is 4.51. The van der Waals surface area contributed by atoms with Crippen LogP contribution in [0.25, 0.3) is 16.7 Å². The lowest BCUT2D eigenvalue weighted by atomic mass is 10.2. The molecule has 19 heavy (non-hydrogen) atoms. The lowest BCUT2D eigenvalue weighted by molar-refractivity contribution is 0.629. The van der Waals surface area contributed by atoms with Crippen molar-refractivity contribution in [1.29, 1.82) is 0 Å². The first-order chi connectivity index (χ1) is 9.19. The van der Waals surface area contributed by atoms with Crippen LogP contribution in [-0.2, 0) is 5.88 Å². The maximum absolute atomic E-state index is 13.4. The fourth-order valence-corrected chi connectivity index (χ4v) is 2.61. The van der Waals surface area contributed by atoms with Crippen molar-refractivity contribution in [3.05, 3.63) is 57.7 Å². The normalized spacial score (nSPS) is 11.1. The molecule has 0 atom stereocenters. The molecule has 0 fully saturated rings. The van der Waals surface area contributed by atoms with Crippen molar-refractivity contribution < 1.29 is 4.39 Å². The Bertz CT molecular complexity index is 737. The summed E-state index contributed by atoms with van der Waals surface area (Å²) in [5.74, 6) is 0.714. The van der Waals surface area contributed by atoms with E-state index in [2.05, 4.69) is 27.6 Å². The van der Waals surface area contributed by atoms with Crippen LogP contribution in [0.15, 0.2) is 42.5 Å². The Morgan fingerprint density at radius 3 is 2.58 bits per heavy atom. The Labute approximate surface area is 128 Å². The largest absolute Gasteiger partial charge is 0.295 e. The molecular formula is C14H9ClFIN2. The van der Waals surface area contributed by atoms with Crippen molar-refractivity contribution in [3.8, 4) is 5.69 Å². The van der Waals surface area contributed by atoms with Gasteiger partial charge in [0.1, 0.15) is 11.6 Å². The van der Waals surface area contributed by atoms with Gasteiger partial charge in [0.15, 0.2) is 0 Å². The fourth-order valence-electron chi connectivity index (χ4n) is 2.07. The molecule has 0 amide bonds. The summed E-state index contributed by atoms with van der Waals surface area (Å²) in [5, 5.41) is 0. The van der Waals surface area contributed by atoms with Gasteiger partial charge in [-0.05, 0) is 59.0 Å². The van der Waals surface area contributed by atoms with E-state index in [1.807, 2.05) is 28.8 Å². The summed E-state index contributed by atoms with van der Waals surface area (Å²) in [4.78, 5) is 4.43. The van der Waals surface area contributed by atoms with Crippen LogP contribution in [-0.4, -0.2) is 9.55 Å². The first kappa shape index (κ1) is 12.9. The highest BCUT2D eigenvalue weighted by molar-refractivity contribution is 14.1. The maximum atomic E-state index is 13.4. The maximum Gasteiger partial charge on any atom is 0.129 e. The van der Waals surface area contributed by atoms with Crippen molar-refractivity contribution in [2.45, 2.75) is 5.88 Å². The molecular weight excluding hydrogens is 378 g/mol. The summed E-state index contributed by atoms with van der Waals surface area (Å²) < 4.78 is 16.5. The average Bonchev–Trinajstić information content (AvgIpc) is 2.77. The number of benzene rings is 2. The van der Waals surface area contributed by atoms with Crippen LogP contribution in [0.1, 0.15) is 5.82 Å². The molecule has 0 bridgehead atoms. The molecule has 2 nitrogen and oxygen atoms in total. The van der Waals surface area contributed by atoms with E-state index in [0.717, 1.165) is 20.3 Å². The molecule has 3 rings (SSSR count). The van der Waals surface area contributed by atoms with Crippen molar-refractivity contribution in [2.24, 2.45) is 0 Å². The summed E-state index contributed by atoms with van der Waals surface area (Å²) in [6.45, 7) is 0. The Hall–Kier alpha value is -1.14. The van der Waals surface area contributed by atoms with E-state index in [4.69, 9.17) is 11.6 Å². The lowest BCUT2D eigenvalue weighted by Gasteiger charge is -2.07. The van der Waals surface area contributed by atoms with Gasteiger partial charge in [0, 0.05) is 15.3 Å². The van der Waals surface area contributed by atoms with E-state index in [1.165, 1.54) is 12.1 Å². The highest BCUT2D eigenvalue weighted by atomic mass is 127. The molecule has 0 aliphatic rings. The number of hydrogen-bond acceptors (Lipinski definition) is 1. The van der Waals surface area contributed by atoms with Crippen LogP contribution in [0.4, 0.5) is 4.39 Å². The summed E-state index contributed by atoms with van der Waals surface area (Å²) in [7, 11) is 0. The van der Waals surface area contributed by atoms with Crippen molar-refractivity contribution in [1.82, 2.24) is 9.55 Å². The topological polar surface area (TPSA) is 17.8 Å². The van der Waals surface area contributed by atoms with Gasteiger partial charge in [-0.25, -0.2) is 9.37 Å². The molecule has 0 unspecified atom stereocenters. The summed E-state index contributed by atoms with van der Waals surface area (Å²) in [6, 6.07) is 12.5. The third-order valence-corrected chi connectivity index (χ3v) is 3.85. The van der Waals surface area contributed by atoms with Gasteiger partial charge in [0.2, 0.25) is 0 Å². The standard InChI is InChI=1S/C14H9ClFIN2/c15-8-14-18-12-6-1-9(16)7-13(12)19(14)11-4-2-10(17)3-5-11/h1-7H,8H2. The molecule has 0 saturated carbocycles. The zero-order chi connectivity index (χ0) is 13.4. The van der Waals surface area contributed by atoms with Crippen molar-refractivity contribution >= 4 is 45.2 Å². The molecule has 0 aliphatic carbocycles. The Morgan fingerprint density at radius 2 is 1.89 bits per heavy atom. The minimum absolute atomic E-state index is 0.278. The Kier molecular flexibility index (Phi) is 3.45. The van der Waals surface area contributed by atoms with Crippen LogP contribution in [0.2, 0.25) is 0 Å². The Morgan fingerprint density at radius 1 is 1.16 bits per heavy atom. The van der Waals surface area contributed by atoms with Crippen LogP contribution >= 0.6 is 34.2 Å². The van der Waals surface area contributed by atoms with E-state index in [9.17, 15) is 4.39 Å². The van der Waals surface area contributed by atoms with Gasteiger partial charge >= 0.3 is 0 Å². The number of rotatable bonds is 2. The smallest absolute Gasteiger partial charge is 0.129 e. The van der Waals surface area contributed by atoms with Gasteiger partial charge in [-0.15, -0.1) is 11.6 Å². The van der Waals surface area contributed by atoms with Gasteiger partial charge in [-0.3, -0.25) is 4.57 Å². The molecule has 5 heteroatoms. The molecule has 0 N–H and O–H groups in total. The number of imidazole rings is 1. The number of fused-ring (bicyclic) bond motifs is 1. The summed E-state index contributed by atoms with van der Waals surface area (Å²) >= 11 is 8.19. The number of alkyl halides is 1. The zero-order valence-electron chi connectivity index (χ0n) is 9.78. The number of nitrogens with zero attached hydrogens (tertiary/aromatic N) is 2. The molecule has 1 aromatic heterocycles. The van der Waals surface area contributed by atoms with Crippen LogP contribution < -0.4 is 0 Å². The molecule has 3 aromatic rings. The SMILES string of the molecule is Fc1ccc2nc(CCl)n(-c3ccc(I)cc3)c2c1. The molecule has 0 saturated heterocycles. The van der Waals surface area contributed by atoms with Gasteiger partial charge in [0.25, 0.3) is 0 Å². The molecule has 0 aliphatic heterocycles. The van der Waals surface area contributed by atoms with Crippen molar-refractivity contribution in [3.63, 3.8) is 0 Å². The molecule has 2 aromatic carbocycles. The van der Waals surface area contributed by atoms with Gasteiger partial charge < -0.3 is 0 Å². The van der Waals surface area contributed by atoms with Gasteiger partial charge in [-0.2, -0.15) is 0 Å². The second-order valence-electron chi connectivity index (χ2n) is 4.11. The minimum atomic E-state index is -0.278. The van der Waals surface area contributed by atoms with Gasteiger partial charge in [-0.1, -0.05) is 0 Å². The van der Waals surface area contributed by atoms with Crippen LogP contribution in [0.3, 0.4) is 0 Å². The third-order valence-electron chi connectivity index (χ3n) is 2.89. The number of hydrogen-bond donors (Lipinski definition) is 0. The van der Waals surface area contributed by atoms with Crippen LogP contribution in [0.5, 0.6) is 0 Å². The predicted molar refractivity (Wildman–Crippen MR) is 83.3 cm³/mol. The second-order valence-corrected chi connectivity index (χ2v) is 5.62. The quantitative estimate of drug-likeness (QED) is 0.468. The molecule has 96 valence electrons. The summed E-state index contributed by atoms with van der Waals surface area (Å²) in [5.41, 5.74) is 2.41. The van der Waals surface area contributed by atoms with E-state index < -0.39 is 0 Å². The van der Waals surface area contributed by atoms with E-state index in [1.54, 1.807) is 6.07 Å². The second kappa shape index (κ2) is 5.09. The average molecular weight is 387 g/mol. The highest BCUT2D eigenvalue weighted by Gasteiger charge is 2.12. The highest BCUT2D eigenvalue weighted by Crippen LogP contribution is 2.24. The van der Waals surface area contributed by atoms with E-state index in [0.29, 0.717) is 5.82 Å². The Balaban J connectivity index is 2.31. The molecule has 0 spiro atoms. The number of halogens is 3. The molecule has 1 heterocycles. The van der Waals surface area contributed by atoms with E-state index >= 15 is 0 Å². The zero-order valence-corrected chi connectivity index (χ0v) is 12.7.